The average Bonchev–Trinajstić information content (AvgIpc) is 2.43. The predicted molar refractivity (Wildman–Crippen MR) is 80.4 cm³/mol. The Bertz CT molecular complexity index is 530. The van der Waals surface area contributed by atoms with E-state index in [0.29, 0.717) is 4.90 Å². The van der Waals surface area contributed by atoms with E-state index >= 15 is 0 Å². The minimum absolute atomic E-state index is 0.168. The Balaban J connectivity index is 2.04. The Morgan fingerprint density at radius 2 is 1.84 bits per heavy atom. The highest BCUT2D eigenvalue weighted by Crippen LogP contribution is 2.27. The maximum atomic E-state index is 13.5. The normalized spacial score (nSPS) is 12.4. The van der Waals surface area contributed by atoms with Gasteiger partial charge in [-0.1, -0.05) is 35.9 Å². The Labute approximate surface area is 122 Å². The fraction of sp³-hybridized carbons (Fsp3) is 0.200. The van der Waals surface area contributed by atoms with Crippen molar-refractivity contribution in [3.63, 3.8) is 0 Å². The second kappa shape index (κ2) is 6.94. The van der Waals surface area contributed by atoms with Crippen LogP contribution in [0.5, 0.6) is 0 Å². The van der Waals surface area contributed by atoms with Crippen molar-refractivity contribution in [2.24, 2.45) is 0 Å². The van der Waals surface area contributed by atoms with E-state index < -0.39 is 0 Å². The number of thioether (sulfide) groups is 1. The third-order valence-corrected chi connectivity index (χ3v) is 4.26. The molecule has 0 aliphatic heterocycles. The zero-order chi connectivity index (χ0) is 13.7. The molecule has 0 fully saturated rings. The molecule has 0 aliphatic carbocycles. The molecule has 2 aromatic rings. The Kier molecular flexibility index (Phi) is 5.25. The van der Waals surface area contributed by atoms with Gasteiger partial charge in [-0.05, 0) is 36.9 Å². The lowest BCUT2D eigenvalue weighted by atomic mass is 10.1. The van der Waals surface area contributed by atoms with Crippen LogP contribution in [0.25, 0.3) is 0 Å². The zero-order valence-corrected chi connectivity index (χ0v) is 12.1. The second-order valence-corrected chi connectivity index (χ2v) is 5.63. The molecule has 0 radical (unpaired) electrons. The molecule has 0 heterocycles. The van der Waals surface area contributed by atoms with E-state index in [4.69, 9.17) is 11.6 Å². The van der Waals surface area contributed by atoms with Gasteiger partial charge in [0.15, 0.2) is 0 Å². The molecule has 0 amide bonds. The number of hydrogen-bond donors (Lipinski definition) is 1. The summed E-state index contributed by atoms with van der Waals surface area (Å²) in [5.74, 6) is 0.595. The summed E-state index contributed by atoms with van der Waals surface area (Å²) in [6.45, 7) is 0. The first-order valence-corrected chi connectivity index (χ1v) is 7.37. The van der Waals surface area contributed by atoms with Crippen LogP contribution in [0.1, 0.15) is 11.6 Å². The van der Waals surface area contributed by atoms with E-state index in [1.54, 1.807) is 12.1 Å². The van der Waals surface area contributed by atoms with Crippen LogP contribution in [-0.4, -0.2) is 12.8 Å². The maximum absolute atomic E-state index is 13.5. The Hall–Kier alpha value is -1.03. The van der Waals surface area contributed by atoms with Crippen LogP contribution >= 0.6 is 23.4 Å². The summed E-state index contributed by atoms with van der Waals surface area (Å²) in [7, 11) is 1.90. The van der Waals surface area contributed by atoms with Crippen LogP contribution in [0.2, 0.25) is 5.02 Å². The highest BCUT2D eigenvalue weighted by atomic mass is 35.5. The van der Waals surface area contributed by atoms with E-state index in [9.17, 15) is 4.39 Å². The van der Waals surface area contributed by atoms with Crippen molar-refractivity contribution in [3.05, 3.63) is 64.9 Å². The van der Waals surface area contributed by atoms with Gasteiger partial charge >= 0.3 is 0 Å². The van der Waals surface area contributed by atoms with E-state index in [1.165, 1.54) is 17.8 Å². The molecule has 1 nitrogen and oxygen atoms in total. The maximum Gasteiger partial charge on any atom is 0.136 e. The number of halogens is 2. The van der Waals surface area contributed by atoms with E-state index in [2.05, 4.69) is 5.32 Å². The van der Waals surface area contributed by atoms with E-state index in [0.717, 1.165) is 16.3 Å². The first-order chi connectivity index (χ1) is 9.20. The van der Waals surface area contributed by atoms with Crippen molar-refractivity contribution in [3.8, 4) is 0 Å². The molecule has 1 unspecified atom stereocenters. The van der Waals surface area contributed by atoms with Gasteiger partial charge in [-0.2, -0.15) is 0 Å². The molecule has 0 saturated heterocycles. The second-order valence-electron chi connectivity index (χ2n) is 4.13. The van der Waals surface area contributed by atoms with Crippen molar-refractivity contribution in [1.82, 2.24) is 5.32 Å². The minimum atomic E-state index is -0.168. The lowest BCUT2D eigenvalue weighted by Gasteiger charge is -2.16. The smallest absolute Gasteiger partial charge is 0.136 e. The molecule has 0 aromatic heterocycles. The molecule has 1 atom stereocenters. The van der Waals surface area contributed by atoms with Crippen LogP contribution in [0.3, 0.4) is 0 Å². The molecular formula is C15H15ClFNS. The van der Waals surface area contributed by atoms with E-state index in [1.807, 2.05) is 37.4 Å². The molecule has 0 aliphatic rings. The quantitative estimate of drug-likeness (QED) is 0.813. The zero-order valence-electron chi connectivity index (χ0n) is 10.6. The molecule has 0 bridgehead atoms. The lowest BCUT2D eigenvalue weighted by molar-refractivity contribution is 0.601. The van der Waals surface area contributed by atoms with Crippen molar-refractivity contribution in [2.75, 3.05) is 12.8 Å². The van der Waals surface area contributed by atoms with Gasteiger partial charge < -0.3 is 5.32 Å². The summed E-state index contributed by atoms with van der Waals surface area (Å²) in [6, 6.07) is 14.7. The van der Waals surface area contributed by atoms with Gasteiger partial charge in [-0.25, -0.2) is 4.39 Å². The summed E-state index contributed by atoms with van der Waals surface area (Å²) in [4.78, 5) is 0.678. The topological polar surface area (TPSA) is 12.0 Å². The number of rotatable bonds is 5. The molecule has 0 spiro atoms. The molecule has 4 heteroatoms. The Morgan fingerprint density at radius 1 is 1.16 bits per heavy atom. The predicted octanol–water partition coefficient (Wildman–Crippen LogP) is 4.53. The lowest BCUT2D eigenvalue weighted by Crippen LogP contribution is -2.18. The highest BCUT2D eigenvalue weighted by molar-refractivity contribution is 7.99. The van der Waals surface area contributed by atoms with Gasteiger partial charge in [0, 0.05) is 21.7 Å². The number of benzene rings is 2. The SMILES string of the molecule is CNC(CSc1ccccc1F)c1ccc(Cl)cc1. The van der Waals surface area contributed by atoms with Crippen LogP contribution in [-0.2, 0) is 0 Å². The number of hydrogen-bond acceptors (Lipinski definition) is 2. The summed E-state index contributed by atoms with van der Waals surface area (Å²) in [5, 5.41) is 3.96. The monoisotopic (exact) mass is 295 g/mol. The standard InChI is InChI=1S/C15H15ClFNS/c1-18-14(11-6-8-12(16)9-7-11)10-19-15-5-3-2-4-13(15)17/h2-9,14,18H,10H2,1H3. The van der Waals surface area contributed by atoms with Gasteiger partial charge in [0.1, 0.15) is 5.82 Å². The average molecular weight is 296 g/mol. The van der Waals surface area contributed by atoms with Crippen molar-refractivity contribution in [1.29, 1.82) is 0 Å². The van der Waals surface area contributed by atoms with Crippen LogP contribution in [0.15, 0.2) is 53.4 Å². The minimum Gasteiger partial charge on any atom is -0.312 e. The number of nitrogens with one attached hydrogen (secondary N) is 1. The third kappa shape index (κ3) is 3.96. The van der Waals surface area contributed by atoms with Crippen molar-refractivity contribution < 1.29 is 4.39 Å². The van der Waals surface area contributed by atoms with Crippen molar-refractivity contribution >= 4 is 23.4 Å². The summed E-state index contributed by atoms with van der Waals surface area (Å²) in [6.07, 6.45) is 0. The molecule has 19 heavy (non-hydrogen) atoms. The first kappa shape index (κ1) is 14.4. The van der Waals surface area contributed by atoms with Crippen LogP contribution < -0.4 is 5.32 Å². The third-order valence-electron chi connectivity index (χ3n) is 2.86. The van der Waals surface area contributed by atoms with Crippen LogP contribution in [0, 0.1) is 5.82 Å². The van der Waals surface area contributed by atoms with Gasteiger partial charge in [0.25, 0.3) is 0 Å². The summed E-state index contributed by atoms with van der Waals surface area (Å²) < 4.78 is 13.5. The molecule has 1 N–H and O–H groups in total. The molecule has 0 saturated carbocycles. The summed E-state index contributed by atoms with van der Waals surface area (Å²) >= 11 is 7.39. The van der Waals surface area contributed by atoms with Gasteiger partial charge in [-0.15, -0.1) is 11.8 Å². The highest BCUT2D eigenvalue weighted by Gasteiger charge is 2.11. The largest absolute Gasteiger partial charge is 0.312 e. The molecule has 2 rings (SSSR count). The molecule has 100 valence electrons. The first-order valence-electron chi connectivity index (χ1n) is 6.01. The Morgan fingerprint density at radius 3 is 2.47 bits per heavy atom. The fourth-order valence-corrected chi connectivity index (χ4v) is 2.99. The molecule has 2 aromatic carbocycles. The van der Waals surface area contributed by atoms with Crippen molar-refractivity contribution in [2.45, 2.75) is 10.9 Å². The summed E-state index contributed by atoms with van der Waals surface area (Å²) in [5.41, 5.74) is 1.15. The molecular weight excluding hydrogens is 281 g/mol. The van der Waals surface area contributed by atoms with Crippen LogP contribution in [0.4, 0.5) is 4.39 Å². The van der Waals surface area contributed by atoms with Gasteiger partial charge in [-0.3, -0.25) is 0 Å². The van der Waals surface area contributed by atoms with Gasteiger partial charge in [0.2, 0.25) is 0 Å². The fourth-order valence-electron chi connectivity index (χ4n) is 1.78. The van der Waals surface area contributed by atoms with Gasteiger partial charge in [0.05, 0.1) is 0 Å². The van der Waals surface area contributed by atoms with E-state index in [-0.39, 0.29) is 11.9 Å².